The zero-order valence-electron chi connectivity index (χ0n) is 16.8. The van der Waals surface area contributed by atoms with Crippen molar-refractivity contribution in [1.29, 1.82) is 0 Å². The number of nitrogens with zero attached hydrogens (tertiary/aromatic N) is 2. The molecule has 6 heteroatoms. The van der Waals surface area contributed by atoms with Crippen LogP contribution in [0.25, 0.3) is 21.9 Å². The molecule has 0 N–H and O–H groups in total. The quantitative estimate of drug-likeness (QED) is 0.364. The number of hydrogen-bond donors (Lipinski definition) is 0. The van der Waals surface area contributed by atoms with Crippen molar-refractivity contribution in [3.8, 4) is 0 Å². The maximum absolute atomic E-state index is 12.7. The highest BCUT2D eigenvalue weighted by atomic mass is 16.3. The molecule has 0 amide bonds. The van der Waals surface area contributed by atoms with Gasteiger partial charge in [-0.05, 0) is 36.4 Å². The number of rotatable bonds is 4. The summed E-state index contributed by atoms with van der Waals surface area (Å²) in [7, 11) is 0. The van der Waals surface area contributed by atoms with Crippen molar-refractivity contribution in [1.82, 2.24) is 0 Å². The van der Waals surface area contributed by atoms with E-state index < -0.39 is 0 Å². The first-order valence-corrected chi connectivity index (χ1v) is 9.89. The van der Waals surface area contributed by atoms with Gasteiger partial charge < -0.3 is 8.83 Å². The van der Waals surface area contributed by atoms with Crippen molar-refractivity contribution in [2.75, 3.05) is 0 Å². The van der Waals surface area contributed by atoms with Gasteiger partial charge in [-0.15, -0.1) is 0 Å². The number of aliphatic imine (C=N–C) groups is 2. The Hall–Kier alpha value is -4.58. The predicted octanol–water partition coefficient (Wildman–Crippen LogP) is 5.40. The van der Waals surface area contributed by atoms with Gasteiger partial charge in [0.1, 0.15) is 23.7 Å². The fraction of sp³-hybridized carbons (Fsp3) is 0. The Morgan fingerprint density at radius 1 is 0.562 bits per heavy atom. The van der Waals surface area contributed by atoms with Crippen LogP contribution in [0.5, 0.6) is 0 Å². The minimum atomic E-state index is -0.162. The van der Waals surface area contributed by atoms with Gasteiger partial charge in [-0.2, -0.15) is 0 Å². The van der Waals surface area contributed by atoms with Crippen LogP contribution >= 0.6 is 0 Å². The highest BCUT2D eigenvalue weighted by Gasteiger charge is 2.06. The van der Waals surface area contributed by atoms with Crippen LogP contribution < -0.4 is 10.9 Å². The van der Waals surface area contributed by atoms with Crippen molar-refractivity contribution in [2.45, 2.75) is 0 Å². The topological polar surface area (TPSA) is 85.1 Å². The molecule has 0 radical (unpaired) electrons. The molecule has 0 spiro atoms. The third-order valence-electron chi connectivity index (χ3n) is 4.98. The molecule has 0 aliphatic carbocycles. The zero-order valence-corrected chi connectivity index (χ0v) is 16.8. The Labute approximate surface area is 181 Å². The molecular formula is C26H16N2O4. The predicted molar refractivity (Wildman–Crippen MR) is 126 cm³/mol. The third kappa shape index (κ3) is 3.65. The summed E-state index contributed by atoms with van der Waals surface area (Å²) in [5.41, 5.74) is 2.47. The molecule has 0 atom stereocenters. The van der Waals surface area contributed by atoms with E-state index in [1.165, 1.54) is 25.0 Å². The van der Waals surface area contributed by atoms with Gasteiger partial charge in [0, 0.05) is 12.4 Å². The second-order valence-corrected chi connectivity index (χ2v) is 7.04. The van der Waals surface area contributed by atoms with Crippen LogP contribution in [0.15, 0.2) is 114 Å². The van der Waals surface area contributed by atoms with Crippen molar-refractivity contribution in [3.63, 3.8) is 0 Å². The van der Waals surface area contributed by atoms with Crippen molar-refractivity contribution < 1.29 is 8.83 Å². The standard InChI is InChI=1S/C26H16N2O4/c29-25-17(15-31-23-11-5-1-7-19(23)25)13-27-21-9-3-4-10-22(21)28-14-18-16-32-24-12-6-2-8-20(24)26(18)30/h1-16H. The van der Waals surface area contributed by atoms with E-state index in [1.807, 2.05) is 24.3 Å². The fourth-order valence-corrected chi connectivity index (χ4v) is 3.32. The van der Waals surface area contributed by atoms with E-state index in [-0.39, 0.29) is 10.9 Å². The first-order valence-electron chi connectivity index (χ1n) is 9.89. The maximum atomic E-state index is 12.7. The van der Waals surface area contributed by atoms with Crippen molar-refractivity contribution in [3.05, 3.63) is 117 Å². The van der Waals surface area contributed by atoms with Gasteiger partial charge in [0.25, 0.3) is 0 Å². The summed E-state index contributed by atoms with van der Waals surface area (Å²) >= 11 is 0. The lowest BCUT2D eigenvalue weighted by atomic mass is 10.2. The molecule has 32 heavy (non-hydrogen) atoms. The first kappa shape index (κ1) is 19.4. The van der Waals surface area contributed by atoms with Crippen LogP contribution in [0, 0.1) is 0 Å². The molecule has 0 fully saturated rings. The van der Waals surface area contributed by atoms with E-state index in [9.17, 15) is 9.59 Å². The largest absolute Gasteiger partial charge is 0.463 e. The van der Waals surface area contributed by atoms with E-state index in [1.54, 1.807) is 48.5 Å². The second-order valence-electron chi connectivity index (χ2n) is 7.04. The van der Waals surface area contributed by atoms with Crippen LogP contribution in [0.1, 0.15) is 11.1 Å². The molecule has 5 aromatic rings. The van der Waals surface area contributed by atoms with E-state index in [0.29, 0.717) is 44.4 Å². The van der Waals surface area contributed by atoms with Crippen LogP contribution in [-0.2, 0) is 0 Å². The molecule has 5 rings (SSSR count). The summed E-state index contributed by atoms with van der Waals surface area (Å²) in [6.45, 7) is 0. The molecule has 0 saturated carbocycles. The summed E-state index contributed by atoms with van der Waals surface area (Å²) in [4.78, 5) is 34.2. The van der Waals surface area contributed by atoms with Crippen LogP contribution in [0.2, 0.25) is 0 Å². The Morgan fingerprint density at radius 2 is 0.969 bits per heavy atom. The van der Waals surface area contributed by atoms with Gasteiger partial charge in [0.2, 0.25) is 10.9 Å². The normalized spacial score (nSPS) is 11.8. The van der Waals surface area contributed by atoms with Gasteiger partial charge in [-0.25, -0.2) is 0 Å². The molecule has 2 aromatic heterocycles. The zero-order chi connectivity index (χ0) is 21.9. The van der Waals surface area contributed by atoms with Crippen LogP contribution in [0.3, 0.4) is 0 Å². The Morgan fingerprint density at radius 3 is 1.44 bits per heavy atom. The number of para-hydroxylation sites is 4. The number of hydrogen-bond acceptors (Lipinski definition) is 6. The molecule has 3 aromatic carbocycles. The lowest BCUT2D eigenvalue weighted by Gasteiger charge is -2.01. The summed E-state index contributed by atoms with van der Waals surface area (Å²) in [6.07, 6.45) is 5.69. The molecule has 154 valence electrons. The highest BCUT2D eigenvalue weighted by molar-refractivity contribution is 5.90. The molecule has 0 saturated heterocycles. The first-order chi connectivity index (χ1) is 15.7. The molecule has 0 aliphatic heterocycles. The summed E-state index contributed by atoms with van der Waals surface area (Å²) in [5.74, 6) is 0. The molecule has 2 heterocycles. The third-order valence-corrected chi connectivity index (χ3v) is 4.98. The minimum absolute atomic E-state index is 0.162. The smallest absolute Gasteiger partial charge is 0.201 e. The van der Waals surface area contributed by atoms with Crippen molar-refractivity contribution >= 4 is 45.7 Å². The Bertz CT molecular complexity index is 1500. The molecule has 0 bridgehead atoms. The molecule has 0 aliphatic rings. The Kier molecular flexibility index (Phi) is 5.01. The highest BCUT2D eigenvalue weighted by Crippen LogP contribution is 2.27. The number of benzene rings is 3. The van der Waals surface area contributed by atoms with Crippen LogP contribution in [-0.4, -0.2) is 12.4 Å². The van der Waals surface area contributed by atoms with Crippen molar-refractivity contribution in [2.24, 2.45) is 9.98 Å². The second kappa shape index (κ2) is 8.28. The summed E-state index contributed by atoms with van der Waals surface area (Å²) in [5, 5.41) is 0.983. The maximum Gasteiger partial charge on any atom is 0.201 e. The van der Waals surface area contributed by atoms with Gasteiger partial charge in [0.05, 0.1) is 33.3 Å². The fourth-order valence-electron chi connectivity index (χ4n) is 3.32. The average Bonchev–Trinajstić information content (AvgIpc) is 2.84. The lowest BCUT2D eigenvalue weighted by molar-refractivity contribution is 0.601. The van der Waals surface area contributed by atoms with E-state index >= 15 is 0 Å². The molecule has 0 unspecified atom stereocenters. The Balaban J connectivity index is 1.49. The number of fused-ring (bicyclic) bond motifs is 2. The summed E-state index contributed by atoms with van der Waals surface area (Å²) in [6, 6.07) is 21.3. The minimum Gasteiger partial charge on any atom is -0.463 e. The monoisotopic (exact) mass is 420 g/mol. The van der Waals surface area contributed by atoms with Gasteiger partial charge in [-0.3, -0.25) is 19.6 Å². The average molecular weight is 420 g/mol. The van der Waals surface area contributed by atoms with E-state index in [2.05, 4.69) is 9.98 Å². The lowest BCUT2D eigenvalue weighted by Crippen LogP contribution is -2.07. The van der Waals surface area contributed by atoms with Gasteiger partial charge in [-0.1, -0.05) is 36.4 Å². The van der Waals surface area contributed by atoms with Crippen LogP contribution in [0.4, 0.5) is 11.4 Å². The SMILES string of the molecule is O=c1c(C=Nc2ccccc2N=Cc2coc3ccccc3c2=O)coc2ccccc12. The van der Waals surface area contributed by atoms with Gasteiger partial charge >= 0.3 is 0 Å². The summed E-state index contributed by atoms with van der Waals surface area (Å²) < 4.78 is 11.1. The van der Waals surface area contributed by atoms with Gasteiger partial charge in [0.15, 0.2) is 0 Å². The molecule has 6 nitrogen and oxygen atoms in total. The van der Waals surface area contributed by atoms with E-state index in [4.69, 9.17) is 8.83 Å². The molecular weight excluding hydrogens is 404 g/mol. The van der Waals surface area contributed by atoms with E-state index in [0.717, 1.165) is 0 Å².